The Kier molecular flexibility index (Phi) is 7.94. The van der Waals surface area contributed by atoms with Crippen molar-refractivity contribution in [1.82, 2.24) is 24.4 Å². The molecule has 3 heterocycles. The van der Waals surface area contributed by atoms with E-state index in [0.29, 0.717) is 39.5 Å². The van der Waals surface area contributed by atoms with Crippen LogP contribution in [0.2, 0.25) is 0 Å². The molecule has 1 fully saturated rings. The van der Waals surface area contributed by atoms with Crippen LogP contribution in [0.15, 0.2) is 85.2 Å². The van der Waals surface area contributed by atoms with E-state index in [1.54, 1.807) is 24.5 Å². The van der Waals surface area contributed by atoms with Crippen LogP contribution in [-0.2, 0) is 19.3 Å². The van der Waals surface area contributed by atoms with Gasteiger partial charge in [-0.2, -0.15) is 13.2 Å². The van der Waals surface area contributed by atoms with Crippen LogP contribution >= 0.6 is 0 Å². The molecule has 0 spiro atoms. The highest BCUT2D eigenvalue weighted by atomic mass is 19.4. The number of fused-ring (bicyclic) bond motifs is 1. The Balaban J connectivity index is 1.29. The number of rotatable bonds is 8. The summed E-state index contributed by atoms with van der Waals surface area (Å²) in [5, 5.41) is 3.61. The molecule has 0 radical (unpaired) electrons. The standard InChI is InChI=1S/C33H31F3N6O/c1-22(43)25-8-5-9-26(18-25)30-39-31(38-28-14-16-41(17-15-28)19-23-6-3-2-4-7-23)29-32(40-30)42(21-37-29)20-24-10-12-27(13-11-24)33(34,35)36/h2-13,18,21,28H,14-17,19-20H2,1H3,(H,38,39,40). The fourth-order valence-corrected chi connectivity index (χ4v) is 5.43. The summed E-state index contributed by atoms with van der Waals surface area (Å²) in [6.07, 6.45) is -0.894. The number of carbonyl (C=O) groups excluding carboxylic acids is 1. The van der Waals surface area contributed by atoms with E-state index in [9.17, 15) is 18.0 Å². The first-order valence-corrected chi connectivity index (χ1v) is 14.3. The van der Waals surface area contributed by atoms with Gasteiger partial charge in [0.15, 0.2) is 23.1 Å². The monoisotopic (exact) mass is 584 g/mol. The van der Waals surface area contributed by atoms with Crippen LogP contribution in [0.1, 0.15) is 46.8 Å². The molecule has 5 aromatic rings. The van der Waals surface area contributed by atoms with Crippen LogP contribution in [0.4, 0.5) is 19.0 Å². The highest BCUT2D eigenvalue weighted by molar-refractivity contribution is 5.95. The number of piperidine rings is 1. The molecular formula is C33H31F3N6O. The van der Waals surface area contributed by atoms with Crippen molar-refractivity contribution in [2.45, 2.75) is 45.1 Å². The number of hydrogen-bond acceptors (Lipinski definition) is 6. The molecule has 0 amide bonds. The molecule has 1 aliphatic heterocycles. The Bertz CT molecular complexity index is 1730. The fourth-order valence-electron chi connectivity index (χ4n) is 5.43. The van der Waals surface area contributed by atoms with Gasteiger partial charge in [-0.25, -0.2) is 15.0 Å². The van der Waals surface area contributed by atoms with Crippen molar-refractivity contribution in [3.05, 3.63) is 107 Å². The van der Waals surface area contributed by atoms with E-state index >= 15 is 0 Å². The summed E-state index contributed by atoms with van der Waals surface area (Å²) in [6, 6.07) is 22.9. The van der Waals surface area contributed by atoms with E-state index in [0.717, 1.165) is 44.6 Å². The lowest BCUT2D eigenvalue weighted by Crippen LogP contribution is -2.38. The normalized spacial score (nSPS) is 14.7. The summed E-state index contributed by atoms with van der Waals surface area (Å²) < 4.78 is 41.1. The minimum absolute atomic E-state index is 0.0594. The minimum Gasteiger partial charge on any atom is -0.365 e. The highest BCUT2D eigenvalue weighted by Gasteiger charge is 2.30. The second kappa shape index (κ2) is 12.0. The molecule has 0 unspecified atom stereocenters. The summed E-state index contributed by atoms with van der Waals surface area (Å²) in [7, 11) is 0. The van der Waals surface area contributed by atoms with Crippen LogP contribution < -0.4 is 5.32 Å². The number of carbonyl (C=O) groups is 1. The van der Waals surface area contributed by atoms with Gasteiger partial charge in [0, 0.05) is 36.8 Å². The number of Topliss-reactive ketones (excluding diaryl/α,β-unsaturated/α-hetero) is 1. The predicted octanol–water partition coefficient (Wildman–Crippen LogP) is 6.84. The number of aromatic nitrogens is 4. The van der Waals surface area contributed by atoms with Gasteiger partial charge in [-0.3, -0.25) is 9.69 Å². The van der Waals surface area contributed by atoms with E-state index in [-0.39, 0.29) is 18.4 Å². The van der Waals surface area contributed by atoms with Gasteiger partial charge in [0.2, 0.25) is 0 Å². The van der Waals surface area contributed by atoms with Crippen molar-refractivity contribution in [2.24, 2.45) is 0 Å². The van der Waals surface area contributed by atoms with Gasteiger partial charge < -0.3 is 9.88 Å². The topological polar surface area (TPSA) is 75.9 Å². The first-order chi connectivity index (χ1) is 20.7. The second-order valence-electron chi connectivity index (χ2n) is 11.0. The third-order valence-electron chi connectivity index (χ3n) is 7.80. The number of hydrogen-bond donors (Lipinski definition) is 1. The van der Waals surface area contributed by atoms with Gasteiger partial charge in [-0.05, 0) is 49.1 Å². The van der Waals surface area contributed by atoms with E-state index in [4.69, 9.17) is 9.97 Å². The van der Waals surface area contributed by atoms with E-state index in [1.165, 1.54) is 24.6 Å². The predicted molar refractivity (Wildman–Crippen MR) is 160 cm³/mol. The SMILES string of the molecule is CC(=O)c1cccc(-c2nc(NC3CCN(Cc4ccccc4)CC3)c3ncn(Cc4ccc(C(F)(F)F)cc4)c3n2)c1. The van der Waals surface area contributed by atoms with Gasteiger partial charge in [-0.1, -0.05) is 60.7 Å². The molecule has 1 saturated heterocycles. The van der Waals surface area contributed by atoms with Crippen LogP contribution in [0.5, 0.6) is 0 Å². The zero-order valence-corrected chi connectivity index (χ0v) is 23.7. The van der Waals surface area contributed by atoms with Gasteiger partial charge >= 0.3 is 6.18 Å². The van der Waals surface area contributed by atoms with E-state index in [2.05, 4.69) is 39.5 Å². The number of halogens is 3. The Morgan fingerprint density at radius 2 is 1.63 bits per heavy atom. The maximum Gasteiger partial charge on any atom is 0.416 e. The van der Waals surface area contributed by atoms with Crippen molar-refractivity contribution in [1.29, 1.82) is 0 Å². The molecule has 0 aliphatic carbocycles. The maximum absolute atomic E-state index is 13.1. The lowest BCUT2D eigenvalue weighted by atomic mass is 10.0. The molecule has 6 rings (SSSR count). The highest BCUT2D eigenvalue weighted by Crippen LogP contribution is 2.30. The lowest BCUT2D eigenvalue weighted by molar-refractivity contribution is -0.137. The molecule has 220 valence electrons. The number of benzene rings is 3. The Morgan fingerprint density at radius 3 is 2.33 bits per heavy atom. The average molecular weight is 585 g/mol. The Hall–Kier alpha value is -4.57. The zero-order chi connectivity index (χ0) is 30.0. The number of likely N-dealkylation sites (tertiary alicyclic amines) is 1. The van der Waals surface area contributed by atoms with Crippen LogP contribution in [-0.4, -0.2) is 49.3 Å². The third kappa shape index (κ3) is 6.59. The van der Waals surface area contributed by atoms with Crippen molar-refractivity contribution >= 4 is 22.8 Å². The van der Waals surface area contributed by atoms with Gasteiger partial charge in [0.1, 0.15) is 5.52 Å². The molecule has 0 atom stereocenters. The molecule has 43 heavy (non-hydrogen) atoms. The summed E-state index contributed by atoms with van der Waals surface area (Å²) in [5.41, 5.74) is 3.68. The fraction of sp³-hybridized carbons (Fsp3) is 0.273. The van der Waals surface area contributed by atoms with Gasteiger partial charge in [-0.15, -0.1) is 0 Å². The minimum atomic E-state index is -4.39. The first-order valence-electron chi connectivity index (χ1n) is 14.3. The quantitative estimate of drug-likeness (QED) is 0.201. The number of nitrogens with zero attached hydrogens (tertiary/aromatic N) is 5. The number of anilines is 1. The first kappa shape index (κ1) is 28.5. The summed E-state index contributed by atoms with van der Waals surface area (Å²) in [6.45, 7) is 4.60. The van der Waals surface area contributed by atoms with Crippen molar-refractivity contribution in [2.75, 3.05) is 18.4 Å². The second-order valence-corrected chi connectivity index (χ2v) is 11.0. The Labute approximate surface area is 247 Å². The summed E-state index contributed by atoms with van der Waals surface area (Å²) >= 11 is 0. The van der Waals surface area contributed by atoms with E-state index in [1.807, 2.05) is 16.7 Å². The van der Waals surface area contributed by atoms with Crippen LogP contribution in [0.3, 0.4) is 0 Å². The zero-order valence-electron chi connectivity index (χ0n) is 23.7. The summed E-state index contributed by atoms with van der Waals surface area (Å²) in [5.74, 6) is 0.977. The largest absolute Gasteiger partial charge is 0.416 e. The number of alkyl halides is 3. The molecule has 0 bridgehead atoms. The molecule has 7 nitrogen and oxygen atoms in total. The third-order valence-corrected chi connectivity index (χ3v) is 7.80. The average Bonchev–Trinajstić information content (AvgIpc) is 3.41. The van der Waals surface area contributed by atoms with E-state index < -0.39 is 11.7 Å². The molecule has 3 aromatic carbocycles. The van der Waals surface area contributed by atoms with Crippen LogP contribution in [0.25, 0.3) is 22.6 Å². The van der Waals surface area contributed by atoms with Crippen molar-refractivity contribution < 1.29 is 18.0 Å². The van der Waals surface area contributed by atoms with Crippen molar-refractivity contribution in [3.8, 4) is 11.4 Å². The lowest BCUT2D eigenvalue weighted by Gasteiger charge is -2.32. The molecule has 1 aliphatic rings. The van der Waals surface area contributed by atoms with Gasteiger partial charge in [0.25, 0.3) is 0 Å². The molecule has 1 N–H and O–H groups in total. The van der Waals surface area contributed by atoms with Crippen molar-refractivity contribution in [3.63, 3.8) is 0 Å². The summed E-state index contributed by atoms with van der Waals surface area (Å²) in [4.78, 5) is 28.8. The Morgan fingerprint density at radius 1 is 0.907 bits per heavy atom. The van der Waals surface area contributed by atoms with Gasteiger partial charge in [0.05, 0.1) is 18.4 Å². The molecule has 2 aromatic heterocycles. The number of nitrogens with one attached hydrogen (secondary N) is 1. The van der Waals surface area contributed by atoms with Crippen LogP contribution in [0, 0.1) is 0 Å². The molecule has 0 saturated carbocycles. The number of ketones is 1. The maximum atomic E-state index is 13.1. The molecule has 10 heteroatoms. The molecular weight excluding hydrogens is 553 g/mol. The number of imidazole rings is 1. The smallest absolute Gasteiger partial charge is 0.365 e.